The molecule has 4 heterocycles. The molecule has 9 nitrogen and oxygen atoms in total. The molecular formula is C23H23FN8O. The number of hydrogen-bond acceptors (Lipinski definition) is 7. The van der Waals surface area contributed by atoms with Crippen LogP contribution in [0.1, 0.15) is 10.4 Å². The third-order valence-electron chi connectivity index (χ3n) is 5.72. The van der Waals surface area contributed by atoms with Crippen molar-refractivity contribution < 1.29 is 9.18 Å². The fourth-order valence-electron chi connectivity index (χ4n) is 4.00. The minimum Gasteiger partial charge on any atom is -0.368 e. The third kappa shape index (κ3) is 4.45. The lowest BCUT2D eigenvalue weighted by Crippen LogP contribution is -2.46. The molecule has 1 N–H and O–H groups in total. The summed E-state index contributed by atoms with van der Waals surface area (Å²) in [5, 5.41) is 8.23. The van der Waals surface area contributed by atoms with Crippen molar-refractivity contribution in [2.75, 3.05) is 42.5 Å². The van der Waals surface area contributed by atoms with Gasteiger partial charge in [-0.05, 0) is 36.4 Å². The second kappa shape index (κ2) is 9.19. The van der Waals surface area contributed by atoms with Crippen LogP contribution in [0.4, 0.5) is 15.9 Å². The van der Waals surface area contributed by atoms with E-state index in [1.54, 1.807) is 35.5 Å². The molecule has 1 fully saturated rings. The van der Waals surface area contributed by atoms with Gasteiger partial charge in [0, 0.05) is 50.8 Å². The topological polar surface area (TPSA) is 92.1 Å². The summed E-state index contributed by atoms with van der Waals surface area (Å²) in [5.41, 5.74) is 2.27. The van der Waals surface area contributed by atoms with Crippen molar-refractivity contribution in [1.29, 1.82) is 0 Å². The number of aromatic nitrogens is 5. The Hall–Kier alpha value is -4.08. The van der Waals surface area contributed by atoms with Crippen LogP contribution < -0.4 is 15.1 Å². The number of halogens is 1. The second-order valence-corrected chi connectivity index (χ2v) is 7.75. The largest absolute Gasteiger partial charge is 0.368 e. The van der Waals surface area contributed by atoms with E-state index in [2.05, 4.69) is 35.2 Å². The Morgan fingerprint density at radius 3 is 2.55 bits per heavy atom. The van der Waals surface area contributed by atoms with Crippen molar-refractivity contribution in [2.45, 2.75) is 6.54 Å². The number of carbonyl (C=O) groups is 1. The fourth-order valence-corrected chi connectivity index (χ4v) is 4.00. The van der Waals surface area contributed by atoms with E-state index in [0.717, 1.165) is 48.7 Å². The maximum absolute atomic E-state index is 13.2. The zero-order chi connectivity index (χ0) is 22.6. The first-order valence-corrected chi connectivity index (χ1v) is 10.8. The zero-order valence-corrected chi connectivity index (χ0v) is 17.9. The van der Waals surface area contributed by atoms with E-state index >= 15 is 0 Å². The number of nitrogens with zero attached hydrogens (tertiary/aromatic N) is 7. The van der Waals surface area contributed by atoms with E-state index in [1.165, 1.54) is 18.3 Å². The van der Waals surface area contributed by atoms with Crippen molar-refractivity contribution >= 4 is 28.4 Å². The summed E-state index contributed by atoms with van der Waals surface area (Å²) in [6.07, 6.45) is 6.50. The number of amides is 1. The molecule has 3 aromatic heterocycles. The van der Waals surface area contributed by atoms with Gasteiger partial charge in [0.05, 0.1) is 23.7 Å². The molecule has 1 amide bonds. The SMILES string of the molecule is O=C(NCCn1ncc2c(N3CCN(c4ccc(F)cc4)CC3)ncnc21)c1cccnc1. The second-order valence-electron chi connectivity index (χ2n) is 7.75. The Morgan fingerprint density at radius 1 is 1.00 bits per heavy atom. The fraction of sp³-hybridized carbons (Fsp3) is 0.261. The van der Waals surface area contributed by atoms with E-state index in [4.69, 9.17) is 0 Å². The molecule has 5 rings (SSSR count). The molecule has 1 aliphatic rings. The van der Waals surface area contributed by atoms with E-state index in [9.17, 15) is 9.18 Å². The maximum Gasteiger partial charge on any atom is 0.252 e. The highest BCUT2D eigenvalue weighted by atomic mass is 19.1. The van der Waals surface area contributed by atoms with Gasteiger partial charge in [0.25, 0.3) is 5.91 Å². The van der Waals surface area contributed by atoms with Gasteiger partial charge in [-0.2, -0.15) is 5.10 Å². The minimum atomic E-state index is -0.227. The van der Waals surface area contributed by atoms with E-state index in [1.807, 2.05) is 12.1 Å². The molecule has 168 valence electrons. The van der Waals surface area contributed by atoms with Gasteiger partial charge in [-0.3, -0.25) is 9.78 Å². The van der Waals surface area contributed by atoms with Crippen LogP contribution in [0.3, 0.4) is 0 Å². The number of rotatable bonds is 6. The number of anilines is 2. The van der Waals surface area contributed by atoms with Gasteiger partial charge < -0.3 is 15.1 Å². The molecule has 0 unspecified atom stereocenters. The molecule has 1 aliphatic heterocycles. The first kappa shape index (κ1) is 20.8. The van der Waals surface area contributed by atoms with E-state index < -0.39 is 0 Å². The smallest absolute Gasteiger partial charge is 0.252 e. The third-order valence-corrected chi connectivity index (χ3v) is 5.72. The number of hydrogen-bond donors (Lipinski definition) is 1. The van der Waals surface area contributed by atoms with Crippen LogP contribution in [0.25, 0.3) is 11.0 Å². The number of nitrogens with one attached hydrogen (secondary N) is 1. The predicted octanol–water partition coefficient (Wildman–Crippen LogP) is 2.12. The molecule has 0 spiro atoms. The average molecular weight is 446 g/mol. The molecule has 1 saturated heterocycles. The molecule has 0 radical (unpaired) electrons. The number of benzene rings is 1. The highest BCUT2D eigenvalue weighted by molar-refractivity contribution is 5.93. The minimum absolute atomic E-state index is 0.172. The van der Waals surface area contributed by atoms with Gasteiger partial charge in [0.15, 0.2) is 5.65 Å². The lowest BCUT2D eigenvalue weighted by atomic mass is 10.2. The Morgan fingerprint density at radius 2 is 1.79 bits per heavy atom. The van der Waals surface area contributed by atoms with E-state index in [0.29, 0.717) is 18.7 Å². The van der Waals surface area contributed by atoms with Gasteiger partial charge in [-0.25, -0.2) is 19.0 Å². The van der Waals surface area contributed by atoms with Crippen LogP contribution >= 0.6 is 0 Å². The van der Waals surface area contributed by atoms with Crippen LogP contribution in [-0.4, -0.2) is 63.4 Å². The van der Waals surface area contributed by atoms with Gasteiger partial charge in [0.2, 0.25) is 0 Å². The molecule has 33 heavy (non-hydrogen) atoms. The summed E-state index contributed by atoms with van der Waals surface area (Å²) in [6.45, 7) is 4.10. The molecule has 0 saturated carbocycles. The maximum atomic E-state index is 13.2. The van der Waals surface area contributed by atoms with Gasteiger partial charge in [0.1, 0.15) is 18.0 Å². The van der Waals surface area contributed by atoms with Crippen molar-refractivity contribution in [2.24, 2.45) is 0 Å². The van der Waals surface area contributed by atoms with Crippen LogP contribution in [0.15, 0.2) is 61.3 Å². The number of fused-ring (bicyclic) bond motifs is 1. The van der Waals surface area contributed by atoms with Crippen LogP contribution in [0.2, 0.25) is 0 Å². The summed E-state index contributed by atoms with van der Waals surface area (Å²) in [7, 11) is 0. The Kier molecular flexibility index (Phi) is 5.79. The lowest BCUT2D eigenvalue weighted by Gasteiger charge is -2.36. The molecule has 0 atom stereocenters. The van der Waals surface area contributed by atoms with Gasteiger partial charge in [-0.15, -0.1) is 0 Å². The van der Waals surface area contributed by atoms with Crippen LogP contribution in [0.5, 0.6) is 0 Å². The molecule has 0 bridgehead atoms. The first-order chi connectivity index (χ1) is 16.2. The highest BCUT2D eigenvalue weighted by Gasteiger charge is 2.21. The zero-order valence-electron chi connectivity index (χ0n) is 17.9. The molecule has 1 aromatic carbocycles. The Labute approximate surface area is 189 Å². The number of pyridine rings is 1. The molecule has 0 aliphatic carbocycles. The monoisotopic (exact) mass is 446 g/mol. The van der Waals surface area contributed by atoms with Gasteiger partial charge in [-0.1, -0.05) is 0 Å². The Balaban J connectivity index is 1.23. The quantitative estimate of drug-likeness (QED) is 0.485. The summed E-state index contributed by atoms with van der Waals surface area (Å²) in [4.78, 5) is 29.6. The van der Waals surface area contributed by atoms with Crippen molar-refractivity contribution in [3.05, 3.63) is 72.7 Å². The lowest BCUT2D eigenvalue weighted by molar-refractivity contribution is 0.0951. The number of carbonyl (C=O) groups excluding carboxylic acids is 1. The van der Waals surface area contributed by atoms with Crippen molar-refractivity contribution in [3.63, 3.8) is 0 Å². The van der Waals surface area contributed by atoms with Gasteiger partial charge >= 0.3 is 0 Å². The van der Waals surface area contributed by atoms with Crippen LogP contribution in [-0.2, 0) is 6.54 Å². The normalized spacial score (nSPS) is 14.0. The summed E-state index contributed by atoms with van der Waals surface area (Å²) in [5.74, 6) is 0.452. The van der Waals surface area contributed by atoms with Crippen molar-refractivity contribution in [3.8, 4) is 0 Å². The van der Waals surface area contributed by atoms with Crippen LogP contribution in [0, 0.1) is 5.82 Å². The number of piperazine rings is 1. The predicted molar refractivity (Wildman–Crippen MR) is 123 cm³/mol. The molecular weight excluding hydrogens is 423 g/mol. The Bertz CT molecular complexity index is 1240. The highest BCUT2D eigenvalue weighted by Crippen LogP contribution is 2.25. The first-order valence-electron chi connectivity index (χ1n) is 10.8. The van der Waals surface area contributed by atoms with Crippen molar-refractivity contribution in [1.82, 2.24) is 30.0 Å². The molecule has 10 heteroatoms. The summed E-state index contributed by atoms with van der Waals surface area (Å²) in [6, 6.07) is 10.1. The summed E-state index contributed by atoms with van der Waals surface area (Å²) < 4.78 is 15.0. The summed E-state index contributed by atoms with van der Waals surface area (Å²) >= 11 is 0. The molecule has 4 aromatic rings. The standard InChI is InChI=1S/C23H23FN8O/c24-18-3-5-19(6-4-18)30-10-12-31(13-11-30)21-20-15-29-32(22(20)28-16-27-21)9-8-26-23(33)17-2-1-7-25-14-17/h1-7,14-16H,8-13H2,(H,26,33). The van der Waals surface area contributed by atoms with E-state index in [-0.39, 0.29) is 11.7 Å². The average Bonchev–Trinajstić information content (AvgIpc) is 3.28.